The average Bonchev–Trinajstić information content (AvgIpc) is 3.67. The zero-order chi connectivity index (χ0) is 21.1. The number of benzene rings is 2. The molecule has 2 aromatic rings. The van der Waals surface area contributed by atoms with Gasteiger partial charge in [0, 0.05) is 24.2 Å². The van der Waals surface area contributed by atoms with E-state index in [0.717, 1.165) is 36.8 Å². The van der Waals surface area contributed by atoms with Crippen molar-refractivity contribution in [2.24, 2.45) is 0 Å². The van der Waals surface area contributed by atoms with E-state index in [2.05, 4.69) is 5.32 Å². The van der Waals surface area contributed by atoms with Crippen LogP contribution in [0.4, 0.5) is 0 Å². The van der Waals surface area contributed by atoms with Gasteiger partial charge in [-0.3, -0.25) is 9.59 Å². The van der Waals surface area contributed by atoms with Crippen LogP contribution in [0.1, 0.15) is 47.2 Å². The zero-order valence-electron chi connectivity index (χ0n) is 17.5. The maximum absolute atomic E-state index is 13.0. The summed E-state index contributed by atoms with van der Waals surface area (Å²) in [5.74, 6) is 1.35. The summed E-state index contributed by atoms with van der Waals surface area (Å²) in [4.78, 5) is 27.2. The van der Waals surface area contributed by atoms with E-state index in [9.17, 15) is 9.59 Å². The van der Waals surface area contributed by atoms with Crippen molar-refractivity contribution in [3.8, 4) is 11.5 Å². The minimum absolute atomic E-state index is 0.0207. The van der Waals surface area contributed by atoms with Gasteiger partial charge in [0.25, 0.3) is 5.91 Å². The van der Waals surface area contributed by atoms with Crippen molar-refractivity contribution in [1.29, 1.82) is 0 Å². The van der Waals surface area contributed by atoms with Crippen LogP contribution < -0.4 is 14.8 Å². The van der Waals surface area contributed by atoms with E-state index < -0.39 is 0 Å². The van der Waals surface area contributed by atoms with Crippen LogP contribution in [-0.2, 0) is 17.8 Å². The van der Waals surface area contributed by atoms with Crippen LogP contribution in [0.25, 0.3) is 0 Å². The molecular weight excluding hydrogens is 380 g/mol. The minimum atomic E-state index is -0.0207. The maximum Gasteiger partial charge on any atom is 0.251 e. The van der Waals surface area contributed by atoms with Crippen LogP contribution in [-0.4, -0.2) is 43.0 Å². The second-order valence-corrected chi connectivity index (χ2v) is 8.06. The number of ether oxygens (including phenoxy) is 2. The van der Waals surface area contributed by atoms with Crippen LogP contribution in [0, 0.1) is 0 Å². The number of rotatable bonds is 9. The normalized spacial score (nSPS) is 15.4. The Morgan fingerprint density at radius 3 is 2.20 bits per heavy atom. The van der Waals surface area contributed by atoms with Crippen molar-refractivity contribution in [2.75, 3.05) is 14.2 Å². The number of carbonyl (C=O) groups excluding carboxylic acids is 2. The SMILES string of the molecule is COc1ccc(CC(=O)N(Cc2ccc(C(=O)NC3CC3)cc2)C2CC2)cc1OC. The predicted molar refractivity (Wildman–Crippen MR) is 114 cm³/mol. The number of amides is 2. The fourth-order valence-corrected chi connectivity index (χ4v) is 3.53. The molecule has 6 heteroatoms. The van der Waals surface area contributed by atoms with Crippen LogP contribution >= 0.6 is 0 Å². The second kappa shape index (κ2) is 8.78. The first-order valence-electron chi connectivity index (χ1n) is 10.5. The van der Waals surface area contributed by atoms with Gasteiger partial charge in [0.15, 0.2) is 11.5 Å². The third-order valence-electron chi connectivity index (χ3n) is 5.59. The van der Waals surface area contributed by atoms with Crippen LogP contribution in [0.5, 0.6) is 11.5 Å². The second-order valence-electron chi connectivity index (χ2n) is 8.06. The smallest absolute Gasteiger partial charge is 0.251 e. The summed E-state index contributed by atoms with van der Waals surface area (Å²) in [5, 5.41) is 3.00. The van der Waals surface area contributed by atoms with Gasteiger partial charge in [-0.1, -0.05) is 18.2 Å². The number of nitrogens with zero attached hydrogens (tertiary/aromatic N) is 1. The Morgan fingerprint density at radius 2 is 1.60 bits per heavy atom. The largest absolute Gasteiger partial charge is 0.493 e. The molecule has 0 atom stereocenters. The molecule has 0 heterocycles. The molecular formula is C24H28N2O4. The third-order valence-corrected chi connectivity index (χ3v) is 5.59. The van der Waals surface area contributed by atoms with Gasteiger partial charge in [-0.05, 0) is 61.1 Å². The average molecular weight is 408 g/mol. The Kier molecular flexibility index (Phi) is 5.93. The van der Waals surface area contributed by atoms with E-state index in [-0.39, 0.29) is 11.8 Å². The molecule has 4 rings (SSSR count). The van der Waals surface area contributed by atoms with Crippen LogP contribution in [0.2, 0.25) is 0 Å². The molecule has 0 aromatic heterocycles. The van der Waals surface area contributed by atoms with Gasteiger partial charge in [-0.2, -0.15) is 0 Å². The lowest BCUT2D eigenvalue weighted by molar-refractivity contribution is -0.131. The molecule has 30 heavy (non-hydrogen) atoms. The topological polar surface area (TPSA) is 67.9 Å². The van der Waals surface area contributed by atoms with E-state index in [0.29, 0.717) is 42.1 Å². The highest BCUT2D eigenvalue weighted by Gasteiger charge is 2.32. The Morgan fingerprint density at radius 1 is 0.933 bits per heavy atom. The first-order chi connectivity index (χ1) is 14.6. The lowest BCUT2D eigenvalue weighted by Gasteiger charge is -2.23. The molecule has 0 spiro atoms. The fourth-order valence-electron chi connectivity index (χ4n) is 3.53. The number of methoxy groups -OCH3 is 2. The maximum atomic E-state index is 13.0. The number of carbonyl (C=O) groups is 2. The van der Waals surface area contributed by atoms with Gasteiger partial charge < -0.3 is 19.7 Å². The number of hydrogen-bond donors (Lipinski definition) is 1. The summed E-state index contributed by atoms with van der Waals surface area (Å²) in [6.45, 7) is 0.557. The third kappa shape index (κ3) is 4.93. The molecule has 0 aliphatic heterocycles. The highest BCUT2D eigenvalue weighted by Crippen LogP contribution is 2.31. The highest BCUT2D eigenvalue weighted by atomic mass is 16.5. The van der Waals surface area contributed by atoms with E-state index in [1.165, 1.54) is 0 Å². The highest BCUT2D eigenvalue weighted by molar-refractivity contribution is 5.94. The quantitative estimate of drug-likeness (QED) is 0.691. The Balaban J connectivity index is 1.41. The monoisotopic (exact) mass is 408 g/mol. The molecule has 158 valence electrons. The van der Waals surface area contributed by atoms with Crippen molar-refractivity contribution in [2.45, 2.75) is 50.7 Å². The molecule has 2 fully saturated rings. The summed E-state index contributed by atoms with van der Waals surface area (Å²) < 4.78 is 10.6. The first-order valence-corrected chi connectivity index (χ1v) is 10.5. The van der Waals surface area contributed by atoms with Crippen molar-refractivity contribution in [1.82, 2.24) is 10.2 Å². The molecule has 1 N–H and O–H groups in total. The molecule has 0 bridgehead atoms. The lowest BCUT2D eigenvalue weighted by atomic mass is 10.1. The zero-order valence-corrected chi connectivity index (χ0v) is 17.5. The standard InChI is InChI=1S/C24H28N2O4/c1-29-21-12-5-17(13-22(21)30-2)14-23(27)26(20-10-11-20)15-16-3-6-18(7-4-16)24(28)25-19-8-9-19/h3-7,12-13,19-20H,8-11,14-15H2,1-2H3,(H,25,28). The lowest BCUT2D eigenvalue weighted by Crippen LogP contribution is -2.33. The van der Waals surface area contributed by atoms with E-state index in [4.69, 9.17) is 9.47 Å². The van der Waals surface area contributed by atoms with Crippen molar-refractivity contribution >= 4 is 11.8 Å². The van der Waals surface area contributed by atoms with Gasteiger partial charge in [-0.15, -0.1) is 0 Å². The van der Waals surface area contributed by atoms with Gasteiger partial charge in [0.05, 0.1) is 20.6 Å². The van der Waals surface area contributed by atoms with Crippen LogP contribution in [0.3, 0.4) is 0 Å². The van der Waals surface area contributed by atoms with Crippen molar-refractivity contribution in [3.05, 3.63) is 59.2 Å². The summed E-state index contributed by atoms with van der Waals surface area (Å²) in [7, 11) is 3.19. The first kappa shape index (κ1) is 20.3. The molecule has 2 aromatic carbocycles. The van der Waals surface area contributed by atoms with E-state index in [1.807, 2.05) is 47.4 Å². The molecule has 2 aliphatic carbocycles. The predicted octanol–water partition coefficient (Wildman–Crippen LogP) is 3.33. The Bertz CT molecular complexity index is 917. The summed E-state index contributed by atoms with van der Waals surface area (Å²) in [6.07, 6.45) is 4.54. The number of nitrogens with one attached hydrogen (secondary N) is 1. The van der Waals surface area contributed by atoms with Crippen molar-refractivity contribution < 1.29 is 19.1 Å². The molecule has 2 amide bonds. The number of hydrogen-bond acceptors (Lipinski definition) is 4. The van der Waals surface area contributed by atoms with Gasteiger partial charge in [0.2, 0.25) is 5.91 Å². The summed E-state index contributed by atoms with van der Waals surface area (Å²) in [6, 6.07) is 13.8. The Hall–Kier alpha value is -3.02. The molecule has 0 radical (unpaired) electrons. The summed E-state index contributed by atoms with van der Waals surface area (Å²) >= 11 is 0. The molecule has 0 saturated heterocycles. The van der Waals surface area contributed by atoms with Gasteiger partial charge in [-0.25, -0.2) is 0 Å². The Labute approximate surface area is 177 Å². The van der Waals surface area contributed by atoms with E-state index in [1.54, 1.807) is 14.2 Å². The van der Waals surface area contributed by atoms with Crippen LogP contribution in [0.15, 0.2) is 42.5 Å². The molecule has 2 saturated carbocycles. The van der Waals surface area contributed by atoms with E-state index >= 15 is 0 Å². The molecule has 2 aliphatic rings. The molecule has 6 nitrogen and oxygen atoms in total. The minimum Gasteiger partial charge on any atom is -0.493 e. The van der Waals surface area contributed by atoms with Gasteiger partial charge >= 0.3 is 0 Å². The van der Waals surface area contributed by atoms with Gasteiger partial charge in [0.1, 0.15) is 0 Å². The fraction of sp³-hybridized carbons (Fsp3) is 0.417. The molecule has 0 unspecified atom stereocenters. The van der Waals surface area contributed by atoms with Crippen molar-refractivity contribution in [3.63, 3.8) is 0 Å². The summed E-state index contributed by atoms with van der Waals surface area (Å²) in [5.41, 5.74) is 2.60.